The lowest BCUT2D eigenvalue weighted by Crippen LogP contribution is -2.51. The number of rotatable bonds is 5. The molecule has 1 N–H and O–H groups in total. The van der Waals surface area contributed by atoms with Crippen molar-refractivity contribution in [3.63, 3.8) is 0 Å². The first-order chi connectivity index (χ1) is 8.36. The molecule has 7 heteroatoms. The number of nitrogens with one attached hydrogen (secondary N) is 1. The molecule has 1 fully saturated rings. The van der Waals surface area contributed by atoms with E-state index < -0.39 is 10.2 Å². The molecular formula is C11H22N2O4S. The third-order valence-electron chi connectivity index (χ3n) is 2.90. The van der Waals surface area contributed by atoms with Gasteiger partial charge in [-0.05, 0) is 26.7 Å². The molecule has 0 aromatic rings. The molecular weight excluding hydrogens is 256 g/mol. The Morgan fingerprint density at radius 3 is 2.67 bits per heavy atom. The van der Waals surface area contributed by atoms with E-state index in [0.717, 1.165) is 12.8 Å². The lowest BCUT2D eigenvalue weighted by Gasteiger charge is -2.34. The number of carbonyl (C=O) groups is 1. The zero-order valence-electron chi connectivity index (χ0n) is 11.2. The minimum atomic E-state index is -3.51. The fraction of sp³-hybridized carbons (Fsp3) is 0.909. The predicted molar refractivity (Wildman–Crippen MR) is 68.2 cm³/mol. The van der Waals surface area contributed by atoms with Crippen LogP contribution in [0.15, 0.2) is 0 Å². The molecule has 0 aliphatic carbocycles. The molecule has 1 aliphatic heterocycles. The third kappa shape index (κ3) is 4.22. The number of esters is 1. The van der Waals surface area contributed by atoms with E-state index in [1.165, 1.54) is 11.4 Å². The van der Waals surface area contributed by atoms with Gasteiger partial charge in [0.25, 0.3) is 10.2 Å². The summed E-state index contributed by atoms with van der Waals surface area (Å²) in [6.45, 7) is 4.01. The summed E-state index contributed by atoms with van der Waals surface area (Å²) in [6.07, 6.45) is 2.59. The van der Waals surface area contributed by atoms with Crippen molar-refractivity contribution in [2.75, 3.05) is 13.7 Å². The molecule has 1 unspecified atom stereocenters. The first-order valence-corrected chi connectivity index (χ1v) is 7.66. The Balaban J connectivity index is 2.78. The maximum absolute atomic E-state index is 12.1. The van der Waals surface area contributed by atoms with Gasteiger partial charge < -0.3 is 4.74 Å². The van der Waals surface area contributed by atoms with Crippen molar-refractivity contribution >= 4 is 16.2 Å². The molecule has 1 aliphatic rings. The summed E-state index contributed by atoms with van der Waals surface area (Å²) in [7, 11) is -2.19. The van der Waals surface area contributed by atoms with Gasteiger partial charge in [0.2, 0.25) is 0 Å². The van der Waals surface area contributed by atoms with Crippen LogP contribution in [0.3, 0.4) is 0 Å². The molecule has 18 heavy (non-hydrogen) atoms. The summed E-state index contributed by atoms with van der Waals surface area (Å²) < 4.78 is 32.8. The van der Waals surface area contributed by atoms with Crippen LogP contribution in [0.25, 0.3) is 0 Å². The normalized spacial score (nSPS) is 22.1. The standard InChI is InChI=1S/C11H22N2O4S/c1-9(2)12-18(15,16)13-7-5-4-6-10(13)8-11(14)17-3/h9-10,12H,4-8H2,1-3H3. The first kappa shape index (κ1) is 15.4. The number of methoxy groups -OCH3 is 1. The summed E-state index contributed by atoms with van der Waals surface area (Å²) in [5.41, 5.74) is 0. The summed E-state index contributed by atoms with van der Waals surface area (Å²) >= 11 is 0. The number of nitrogens with zero attached hydrogens (tertiary/aromatic N) is 1. The van der Waals surface area contributed by atoms with Gasteiger partial charge in [0.1, 0.15) is 0 Å². The van der Waals surface area contributed by atoms with Gasteiger partial charge in [-0.25, -0.2) is 0 Å². The Bertz CT molecular complexity index is 381. The largest absolute Gasteiger partial charge is 0.469 e. The van der Waals surface area contributed by atoms with Gasteiger partial charge >= 0.3 is 5.97 Å². The summed E-state index contributed by atoms with van der Waals surface area (Å²) in [6, 6.07) is -0.446. The highest BCUT2D eigenvalue weighted by Gasteiger charge is 2.33. The molecule has 0 aromatic carbocycles. The van der Waals surface area contributed by atoms with Crippen LogP contribution in [0.5, 0.6) is 0 Å². The Hall–Kier alpha value is -0.660. The Morgan fingerprint density at radius 2 is 2.11 bits per heavy atom. The van der Waals surface area contributed by atoms with E-state index in [1.807, 2.05) is 0 Å². The van der Waals surface area contributed by atoms with Crippen LogP contribution in [0.4, 0.5) is 0 Å². The smallest absolute Gasteiger partial charge is 0.307 e. The topological polar surface area (TPSA) is 75.7 Å². The quantitative estimate of drug-likeness (QED) is 0.749. The number of hydrogen-bond acceptors (Lipinski definition) is 4. The van der Waals surface area contributed by atoms with Crippen LogP contribution < -0.4 is 4.72 Å². The van der Waals surface area contributed by atoms with E-state index in [9.17, 15) is 13.2 Å². The lowest BCUT2D eigenvalue weighted by molar-refractivity contribution is -0.141. The Kier molecular flexibility index (Phi) is 5.55. The van der Waals surface area contributed by atoms with Crippen LogP contribution in [-0.2, 0) is 19.7 Å². The second-order valence-electron chi connectivity index (χ2n) is 4.82. The summed E-state index contributed by atoms with van der Waals surface area (Å²) in [5.74, 6) is -0.369. The van der Waals surface area contributed by atoms with E-state index in [0.29, 0.717) is 13.0 Å². The van der Waals surface area contributed by atoms with Gasteiger partial charge in [0.15, 0.2) is 0 Å². The molecule has 0 aromatic heterocycles. The maximum Gasteiger partial charge on any atom is 0.307 e. The molecule has 1 saturated heterocycles. The van der Waals surface area contributed by atoms with Crippen LogP contribution >= 0.6 is 0 Å². The molecule has 0 amide bonds. The number of ether oxygens (including phenoxy) is 1. The molecule has 1 atom stereocenters. The van der Waals surface area contributed by atoms with Gasteiger partial charge in [0, 0.05) is 18.6 Å². The highest BCUT2D eigenvalue weighted by molar-refractivity contribution is 7.87. The molecule has 0 bridgehead atoms. The fourth-order valence-corrected chi connectivity index (χ4v) is 3.81. The number of carbonyl (C=O) groups excluding carboxylic acids is 1. The SMILES string of the molecule is COC(=O)CC1CCCCN1S(=O)(=O)NC(C)C. The van der Waals surface area contributed by atoms with Crippen LogP contribution in [0, 0.1) is 0 Å². The van der Waals surface area contributed by atoms with Crippen molar-refractivity contribution in [2.45, 2.75) is 51.6 Å². The molecule has 1 rings (SSSR count). The van der Waals surface area contributed by atoms with Crippen molar-refractivity contribution < 1.29 is 17.9 Å². The van der Waals surface area contributed by atoms with Crippen LogP contribution in [-0.4, -0.2) is 44.4 Å². The minimum Gasteiger partial charge on any atom is -0.469 e. The zero-order valence-corrected chi connectivity index (χ0v) is 12.0. The minimum absolute atomic E-state index is 0.121. The van der Waals surface area contributed by atoms with Crippen molar-refractivity contribution in [1.29, 1.82) is 0 Å². The van der Waals surface area contributed by atoms with Crippen molar-refractivity contribution in [1.82, 2.24) is 9.03 Å². The first-order valence-electron chi connectivity index (χ1n) is 6.22. The second kappa shape index (κ2) is 6.49. The molecule has 106 valence electrons. The predicted octanol–water partition coefficient (Wildman–Crippen LogP) is 0.647. The van der Waals surface area contributed by atoms with Crippen LogP contribution in [0.1, 0.15) is 39.5 Å². The van der Waals surface area contributed by atoms with Crippen LogP contribution in [0.2, 0.25) is 0 Å². The third-order valence-corrected chi connectivity index (χ3v) is 4.76. The Labute approximate surface area is 109 Å². The lowest BCUT2D eigenvalue weighted by atomic mass is 10.0. The second-order valence-corrected chi connectivity index (χ2v) is 6.47. The highest BCUT2D eigenvalue weighted by atomic mass is 32.2. The molecule has 0 spiro atoms. The van der Waals surface area contributed by atoms with Crippen molar-refractivity contribution in [3.8, 4) is 0 Å². The zero-order chi connectivity index (χ0) is 13.8. The molecule has 6 nitrogen and oxygen atoms in total. The van der Waals surface area contributed by atoms with Crippen molar-refractivity contribution in [3.05, 3.63) is 0 Å². The monoisotopic (exact) mass is 278 g/mol. The fourth-order valence-electron chi connectivity index (χ4n) is 2.14. The van der Waals surface area contributed by atoms with Crippen molar-refractivity contribution in [2.24, 2.45) is 0 Å². The maximum atomic E-state index is 12.1. The molecule has 0 radical (unpaired) electrons. The average molecular weight is 278 g/mol. The Morgan fingerprint density at radius 1 is 1.44 bits per heavy atom. The van der Waals surface area contributed by atoms with E-state index in [4.69, 9.17) is 0 Å². The van der Waals surface area contributed by atoms with Gasteiger partial charge in [-0.1, -0.05) is 6.42 Å². The molecule has 1 heterocycles. The van der Waals surface area contributed by atoms with Gasteiger partial charge in [-0.2, -0.15) is 17.4 Å². The average Bonchev–Trinajstić information content (AvgIpc) is 2.27. The van der Waals surface area contributed by atoms with E-state index in [2.05, 4.69) is 9.46 Å². The highest BCUT2D eigenvalue weighted by Crippen LogP contribution is 2.22. The van der Waals surface area contributed by atoms with Gasteiger partial charge in [-0.15, -0.1) is 0 Å². The number of piperidine rings is 1. The number of hydrogen-bond donors (Lipinski definition) is 1. The summed E-state index contributed by atoms with van der Waals surface area (Å²) in [5, 5.41) is 0. The van der Waals surface area contributed by atoms with Gasteiger partial charge in [-0.3, -0.25) is 4.79 Å². The van der Waals surface area contributed by atoms with Gasteiger partial charge in [0.05, 0.1) is 13.5 Å². The van der Waals surface area contributed by atoms with E-state index >= 15 is 0 Å². The van der Waals surface area contributed by atoms with E-state index in [1.54, 1.807) is 13.8 Å². The summed E-state index contributed by atoms with van der Waals surface area (Å²) in [4.78, 5) is 11.3. The van der Waals surface area contributed by atoms with E-state index in [-0.39, 0.29) is 24.5 Å². The molecule has 0 saturated carbocycles.